The Morgan fingerprint density at radius 3 is 3.00 bits per heavy atom. The van der Waals surface area contributed by atoms with Crippen molar-refractivity contribution in [2.75, 3.05) is 13.1 Å². The van der Waals surface area contributed by atoms with Gasteiger partial charge in [0.05, 0.1) is 0 Å². The zero-order valence-corrected chi connectivity index (χ0v) is 6.77. The van der Waals surface area contributed by atoms with Gasteiger partial charge < -0.3 is 4.90 Å². The Labute approximate surface area is 69.6 Å². The maximum absolute atomic E-state index is 12.0. The molecule has 1 fully saturated rings. The third kappa shape index (κ3) is 2.50. The number of halogens is 2. The topological polar surface area (TPSA) is 20.3 Å². The number of rotatable bonds is 2. The smallest absolute Gasteiger partial charge is 0.222 e. The highest BCUT2D eigenvalue weighted by Crippen LogP contribution is 2.10. The summed E-state index contributed by atoms with van der Waals surface area (Å²) in [6, 6.07) is 0. The van der Waals surface area contributed by atoms with Gasteiger partial charge in [-0.2, -0.15) is 4.39 Å². The molecule has 0 atom stereocenters. The van der Waals surface area contributed by atoms with Crippen LogP contribution in [0.2, 0.25) is 0 Å². The molecule has 0 bridgehead atoms. The lowest BCUT2D eigenvalue weighted by Crippen LogP contribution is -2.24. The number of likely N-dealkylation sites (tertiary alicyclic amines) is 1. The standard InChI is InChI=1S/C7H9ClFNO/c8-6(9)3-5-10-4-1-2-7(10)11/h3H,1-2,4-5H2/b6-3+. The zero-order chi connectivity index (χ0) is 8.27. The van der Waals surface area contributed by atoms with Gasteiger partial charge in [0.1, 0.15) is 0 Å². The van der Waals surface area contributed by atoms with Gasteiger partial charge in [0.2, 0.25) is 5.91 Å². The van der Waals surface area contributed by atoms with Crippen molar-refractivity contribution in [2.45, 2.75) is 12.8 Å². The number of amides is 1. The lowest BCUT2D eigenvalue weighted by molar-refractivity contribution is -0.127. The molecule has 0 unspecified atom stereocenters. The monoisotopic (exact) mass is 177 g/mol. The maximum atomic E-state index is 12.0. The average molecular weight is 178 g/mol. The molecular weight excluding hydrogens is 169 g/mol. The van der Waals surface area contributed by atoms with Crippen molar-refractivity contribution >= 4 is 17.5 Å². The van der Waals surface area contributed by atoms with Crippen LogP contribution in [0.4, 0.5) is 4.39 Å². The fourth-order valence-corrected chi connectivity index (χ4v) is 1.15. The van der Waals surface area contributed by atoms with Crippen molar-refractivity contribution < 1.29 is 9.18 Å². The van der Waals surface area contributed by atoms with Crippen LogP contribution in [0.25, 0.3) is 0 Å². The zero-order valence-electron chi connectivity index (χ0n) is 6.02. The molecule has 0 radical (unpaired) electrons. The minimum atomic E-state index is -0.746. The van der Waals surface area contributed by atoms with Crippen molar-refractivity contribution in [1.29, 1.82) is 0 Å². The molecule has 1 heterocycles. The van der Waals surface area contributed by atoms with E-state index in [1.165, 1.54) is 6.08 Å². The van der Waals surface area contributed by atoms with Crippen LogP contribution in [0, 0.1) is 0 Å². The first kappa shape index (κ1) is 8.53. The van der Waals surface area contributed by atoms with E-state index in [2.05, 4.69) is 0 Å². The molecule has 62 valence electrons. The summed E-state index contributed by atoms with van der Waals surface area (Å²) in [5.41, 5.74) is 0. The quantitative estimate of drug-likeness (QED) is 0.628. The van der Waals surface area contributed by atoms with Gasteiger partial charge in [0, 0.05) is 19.5 Å². The number of nitrogens with zero attached hydrogens (tertiary/aromatic N) is 1. The van der Waals surface area contributed by atoms with Crippen LogP contribution in [0.15, 0.2) is 11.4 Å². The summed E-state index contributed by atoms with van der Waals surface area (Å²) >= 11 is 4.96. The third-order valence-electron chi connectivity index (χ3n) is 1.64. The number of carbonyl (C=O) groups excluding carboxylic acids is 1. The van der Waals surface area contributed by atoms with E-state index >= 15 is 0 Å². The summed E-state index contributed by atoms with van der Waals surface area (Å²) in [5.74, 6) is 0.0826. The fourth-order valence-electron chi connectivity index (χ4n) is 1.08. The minimum Gasteiger partial charge on any atom is -0.339 e. The Morgan fingerprint density at radius 1 is 1.82 bits per heavy atom. The molecule has 0 aliphatic carbocycles. The SMILES string of the molecule is O=C1CCCN1C/C=C(/F)Cl. The molecule has 0 saturated carbocycles. The van der Waals surface area contributed by atoms with Crippen LogP contribution >= 0.6 is 11.6 Å². The predicted octanol–water partition coefficient (Wildman–Crippen LogP) is 1.66. The summed E-state index contributed by atoms with van der Waals surface area (Å²) < 4.78 is 12.0. The van der Waals surface area contributed by atoms with Crippen LogP contribution < -0.4 is 0 Å². The molecule has 0 N–H and O–H groups in total. The molecule has 1 saturated heterocycles. The van der Waals surface area contributed by atoms with Crippen LogP contribution in [0.5, 0.6) is 0 Å². The van der Waals surface area contributed by atoms with E-state index in [0.717, 1.165) is 13.0 Å². The molecule has 11 heavy (non-hydrogen) atoms. The van der Waals surface area contributed by atoms with Crippen molar-refractivity contribution in [1.82, 2.24) is 4.90 Å². The largest absolute Gasteiger partial charge is 0.339 e. The summed E-state index contributed by atoms with van der Waals surface area (Å²) in [6.07, 6.45) is 2.65. The van der Waals surface area contributed by atoms with Crippen molar-refractivity contribution in [3.05, 3.63) is 11.4 Å². The number of carbonyl (C=O) groups is 1. The summed E-state index contributed by atoms with van der Waals surface area (Å²) in [6.45, 7) is 1.02. The molecule has 4 heteroatoms. The van der Waals surface area contributed by atoms with Gasteiger partial charge >= 0.3 is 0 Å². The van der Waals surface area contributed by atoms with E-state index in [1.807, 2.05) is 0 Å². The fraction of sp³-hybridized carbons (Fsp3) is 0.571. The number of hydrogen-bond donors (Lipinski definition) is 0. The Balaban J connectivity index is 2.37. The summed E-state index contributed by atoms with van der Waals surface area (Å²) in [5, 5.41) is -0.746. The Hall–Kier alpha value is -0.570. The highest BCUT2D eigenvalue weighted by Gasteiger charge is 2.18. The van der Waals surface area contributed by atoms with Crippen LogP contribution in [-0.4, -0.2) is 23.9 Å². The van der Waals surface area contributed by atoms with E-state index in [0.29, 0.717) is 13.0 Å². The molecule has 0 aromatic carbocycles. The van der Waals surface area contributed by atoms with E-state index in [1.54, 1.807) is 4.90 Å². The molecule has 0 aromatic rings. The highest BCUT2D eigenvalue weighted by molar-refractivity contribution is 6.28. The normalized spacial score (nSPS) is 19.6. The lowest BCUT2D eigenvalue weighted by atomic mass is 10.4. The van der Waals surface area contributed by atoms with Gasteiger partial charge in [-0.25, -0.2) is 0 Å². The lowest BCUT2D eigenvalue weighted by Gasteiger charge is -2.11. The van der Waals surface area contributed by atoms with Gasteiger partial charge in [-0.15, -0.1) is 0 Å². The van der Waals surface area contributed by atoms with Gasteiger partial charge in [-0.1, -0.05) is 11.6 Å². The Morgan fingerprint density at radius 2 is 2.55 bits per heavy atom. The maximum Gasteiger partial charge on any atom is 0.222 e. The second kappa shape index (κ2) is 3.72. The molecule has 1 aliphatic rings. The summed E-state index contributed by atoms with van der Waals surface area (Å²) in [4.78, 5) is 12.5. The predicted molar refractivity (Wildman–Crippen MR) is 40.9 cm³/mol. The minimum absolute atomic E-state index is 0.0826. The third-order valence-corrected chi connectivity index (χ3v) is 1.79. The Bertz CT molecular complexity index is 189. The van der Waals surface area contributed by atoms with Crippen LogP contribution in [-0.2, 0) is 4.79 Å². The first-order chi connectivity index (χ1) is 5.20. The summed E-state index contributed by atoms with van der Waals surface area (Å²) in [7, 11) is 0. The van der Waals surface area contributed by atoms with E-state index in [9.17, 15) is 9.18 Å². The first-order valence-electron chi connectivity index (χ1n) is 3.49. The number of hydrogen-bond acceptors (Lipinski definition) is 1. The van der Waals surface area contributed by atoms with E-state index < -0.39 is 5.29 Å². The molecule has 0 aromatic heterocycles. The van der Waals surface area contributed by atoms with Gasteiger partial charge in [0.15, 0.2) is 5.29 Å². The van der Waals surface area contributed by atoms with Crippen molar-refractivity contribution in [2.24, 2.45) is 0 Å². The van der Waals surface area contributed by atoms with Crippen LogP contribution in [0.3, 0.4) is 0 Å². The molecule has 1 amide bonds. The molecule has 2 nitrogen and oxygen atoms in total. The average Bonchev–Trinajstić information content (AvgIpc) is 2.31. The Kier molecular flexibility index (Phi) is 2.88. The second-order valence-electron chi connectivity index (χ2n) is 2.44. The van der Waals surface area contributed by atoms with Crippen molar-refractivity contribution in [3.8, 4) is 0 Å². The van der Waals surface area contributed by atoms with Crippen LogP contribution in [0.1, 0.15) is 12.8 Å². The van der Waals surface area contributed by atoms with E-state index in [4.69, 9.17) is 11.6 Å². The molecule has 1 aliphatic heterocycles. The van der Waals surface area contributed by atoms with Crippen molar-refractivity contribution in [3.63, 3.8) is 0 Å². The molecular formula is C7H9ClFNO. The highest BCUT2D eigenvalue weighted by atomic mass is 35.5. The van der Waals surface area contributed by atoms with Gasteiger partial charge in [0.25, 0.3) is 0 Å². The second-order valence-corrected chi connectivity index (χ2v) is 2.80. The first-order valence-corrected chi connectivity index (χ1v) is 3.87. The molecule has 0 spiro atoms. The van der Waals surface area contributed by atoms with E-state index in [-0.39, 0.29) is 5.91 Å². The van der Waals surface area contributed by atoms with Gasteiger partial charge in [-0.05, 0) is 12.5 Å². The molecule has 1 rings (SSSR count). The van der Waals surface area contributed by atoms with Gasteiger partial charge in [-0.3, -0.25) is 4.79 Å².